The second-order valence-corrected chi connectivity index (χ2v) is 9.12. The van der Waals surface area contributed by atoms with Gasteiger partial charge in [0.05, 0.1) is 12.2 Å². The van der Waals surface area contributed by atoms with Crippen molar-refractivity contribution >= 4 is 28.4 Å². The van der Waals surface area contributed by atoms with Crippen LogP contribution in [0.4, 0.5) is 9.80 Å². The number of anilines is 1. The van der Waals surface area contributed by atoms with Crippen LogP contribution in [-0.4, -0.2) is 23.8 Å². The lowest BCUT2D eigenvalue weighted by Gasteiger charge is -2.07. The summed E-state index contributed by atoms with van der Waals surface area (Å²) in [5.41, 5.74) is 2.41. The highest BCUT2D eigenvalue weighted by Crippen LogP contribution is 2.30. The van der Waals surface area contributed by atoms with Gasteiger partial charge in [-0.3, -0.25) is 5.32 Å². The molecule has 2 N–H and O–H groups in total. The lowest BCUT2D eigenvalue weighted by molar-refractivity contribution is 0.0698. The lowest BCUT2D eigenvalue weighted by atomic mass is 10.1. The molecule has 0 atom stereocenters. The third kappa shape index (κ3) is 9.55. The number of hydrogen-bond donors (Lipinski definition) is 2. The van der Waals surface area contributed by atoms with Gasteiger partial charge in [0.15, 0.2) is 0 Å². The number of hydrogen-bond acceptors (Lipinski definition) is 4. The van der Waals surface area contributed by atoms with E-state index >= 15 is 0 Å². The SMILES string of the molecule is CCCCCCCCCCc1cc(C(=O)O)c(NC(=O)OCCc2ccc(C)cc2)s1. The van der Waals surface area contributed by atoms with E-state index in [1.807, 2.05) is 31.2 Å². The van der Waals surface area contributed by atoms with Crippen LogP contribution in [0.1, 0.15) is 84.7 Å². The van der Waals surface area contributed by atoms with E-state index in [0.29, 0.717) is 11.4 Å². The molecule has 2 aromatic rings. The average molecular weight is 446 g/mol. The van der Waals surface area contributed by atoms with Gasteiger partial charge in [0.25, 0.3) is 0 Å². The van der Waals surface area contributed by atoms with E-state index < -0.39 is 12.1 Å². The molecule has 170 valence electrons. The summed E-state index contributed by atoms with van der Waals surface area (Å²) in [7, 11) is 0. The van der Waals surface area contributed by atoms with Gasteiger partial charge in [0, 0.05) is 11.3 Å². The van der Waals surface area contributed by atoms with Crippen molar-refractivity contribution in [3.8, 4) is 0 Å². The molecule has 0 saturated heterocycles. The summed E-state index contributed by atoms with van der Waals surface area (Å²) in [5.74, 6) is -1.03. The Morgan fingerprint density at radius 2 is 1.61 bits per heavy atom. The highest BCUT2D eigenvalue weighted by atomic mass is 32.1. The van der Waals surface area contributed by atoms with Crippen LogP contribution in [0.5, 0.6) is 0 Å². The van der Waals surface area contributed by atoms with Crippen LogP contribution in [0, 0.1) is 6.92 Å². The first-order valence-corrected chi connectivity index (χ1v) is 12.2. The molecule has 0 unspecified atom stereocenters. The van der Waals surface area contributed by atoms with E-state index in [0.717, 1.165) is 29.7 Å². The topological polar surface area (TPSA) is 75.6 Å². The minimum atomic E-state index is -1.03. The van der Waals surface area contributed by atoms with Crippen molar-refractivity contribution in [2.45, 2.75) is 78.1 Å². The van der Waals surface area contributed by atoms with Crippen molar-refractivity contribution in [3.05, 3.63) is 51.9 Å². The number of carboxylic acids is 1. The number of carboxylic acid groups (broad SMARTS) is 1. The molecule has 0 bridgehead atoms. The number of aromatic carboxylic acids is 1. The van der Waals surface area contributed by atoms with Gasteiger partial charge in [-0.05, 0) is 31.4 Å². The van der Waals surface area contributed by atoms with Gasteiger partial charge in [-0.1, -0.05) is 81.7 Å². The Labute approximate surface area is 189 Å². The molecule has 1 amide bonds. The van der Waals surface area contributed by atoms with Crippen LogP contribution in [-0.2, 0) is 17.6 Å². The largest absolute Gasteiger partial charge is 0.478 e. The number of ether oxygens (including phenoxy) is 1. The predicted molar refractivity (Wildman–Crippen MR) is 127 cm³/mol. The fourth-order valence-electron chi connectivity index (χ4n) is 3.40. The van der Waals surface area contributed by atoms with Gasteiger partial charge in [0.2, 0.25) is 0 Å². The third-order valence-corrected chi connectivity index (χ3v) is 6.36. The molecule has 6 heteroatoms. The molecule has 0 aliphatic carbocycles. The maximum atomic E-state index is 12.1. The molecule has 0 aliphatic heterocycles. The highest BCUT2D eigenvalue weighted by Gasteiger charge is 2.17. The van der Waals surface area contributed by atoms with Crippen LogP contribution in [0.25, 0.3) is 0 Å². The van der Waals surface area contributed by atoms with Gasteiger partial charge < -0.3 is 9.84 Å². The second kappa shape index (κ2) is 13.9. The van der Waals surface area contributed by atoms with Crippen molar-refractivity contribution in [2.24, 2.45) is 0 Å². The molecule has 0 fully saturated rings. The van der Waals surface area contributed by atoms with E-state index in [1.165, 1.54) is 55.4 Å². The first-order chi connectivity index (χ1) is 15.0. The molecule has 0 radical (unpaired) electrons. The molecular weight excluding hydrogens is 410 g/mol. The first kappa shape index (κ1) is 24.9. The Kier molecular flexibility index (Phi) is 11.1. The fraction of sp³-hybridized carbons (Fsp3) is 0.520. The fourth-order valence-corrected chi connectivity index (χ4v) is 4.47. The van der Waals surface area contributed by atoms with Gasteiger partial charge in [-0.2, -0.15) is 0 Å². The van der Waals surface area contributed by atoms with Crippen LogP contribution < -0.4 is 5.32 Å². The Hall–Kier alpha value is -2.34. The second-order valence-electron chi connectivity index (χ2n) is 7.98. The number of carbonyl (C=O) groups is 2. The van der Waals surface area contributed by atoms with Crippen LogP contribution in [0.15, 0.2) is 30.3 Å². The lowest BCUT2D eigenvalue weighted by Crippen LogP contribution is -2.16. The van der Waals surface area contributed by atoms with Gasteiger partial charge in [-0.25, -0.2) is 9.59 Å². The maximum absolute atomic E-state index is 12.1. The number of aryl methyl sites for hydroxylation is 2. The smallest absolute Gasteiger partial charge is 0.412 e. The Balaban J connectivity index is 1.75. The minimum Gasteiger partial charge on any atom is -0.478 e. The molecule has 1 aromatic carbocycles. The minimum absolute atomic E-state index is 0.134. The van der Waals surface area contributed by atoms with Crippen molar-refractivity contribution in [3.63, 3.8) is 0 Å². The predicted octanol–water partition coefficient (Wildman–Crippen LogP) is 7.23. The Bertz CT molecular complexity index is 813. The number of carbonyl (C=O) groups excluding carboxylic acids is 1. The quantitative estimate of drug-likeness (QED) is 0.301. The van der Waals surface area contributed by atoms with E-state index in [9.17, 15) is 14.7 Å². The zero-order chi connectivity index (χ0) is 22.5. The summed E-state index contributed by atoms with van der Waals surface area (Å²) >= 11 is 1.33. The Morgan fingerprint density at radius 1 is 0.968 bits per heavy atom. The zero-order valence-electron chi connectivity index (χ0n) is 18.7. The summed E-state index contributed by atoms with van der Waals surface area (Å²) in [6.07, 6.45) is 10.7. The van der Waals surface area contributed by atoms with Gasteiger partial charge >= 0.3 is 12.1 Å². The highest BCUT2D eigenvalue weighted by molar-refractivity contribution is 7.16. The number of amides is 1. The number of nitrogens with one attached hydrogen (secondary N) is 1. The van der Waals surface area contributed by atoms with Crippen molar-refractivity contribution in [1.29, 1.82) is 0 Å². The van der Waals surface area contributed by atoms with Crippen molar-refractivity contribution < 1.29 is 19.4 Å². The van der Waals surface area contributed by atoms with Gasteiger partial charge in [-0.15, -0.1) is 11.3 Å². The van der Waals surface area contributed by atoms with Crippen LogP contribution in [0.2, 0.25) is 0 Å². The van der Waals surface area contributed by atoms with Crippen LogP contribution >= 0.6 is 11.3 Å². The summed E-state index contributed by atoms with van der Waals surface area (Å²) in [6.45, 7) is 4.49. The summed E-state index contributed by atoms with van der Waals surface area (Å²) in [4.78, 5) is 24.7. The van der Waals surface area contributed by atoms with E-state index in [4.69, 9.17) is 4.74 Å². The number of unbranched alkanes of at least 4 members (excludes halogenated alkanes) is 7. The summed E-state index contributed by atoms with van der Waals surface area (Å²) in [6, 6.07) is 9.74. The zero-order valence-corrected chi connectivity index (χ0v) is 19.6. The summed E-state index contributed by atoms with van der Waals surface area (Å²) in [5, 5.41) is 12.4. The molecule has 1 aromatic heterocycles. The molecule has 2 rings (SSSR count). The Morgan fingerprint density at radius 3 is 2.26 bits per heavy atom. The molecule has 0 spiro atoms. The number of benzene rings is 1. The molecular formula is C25H35NO4S. The molecule has 0 aliphatic rings. The van der Waals surface area contributed by atoms with Crippen molar-refractivity contribution in [1.82, 2.24) is 0 Å². The van der Waals surface area contributed by atoms with E-state index in [2.05, 4.69) is 12.2 Å². The maximum Gasteiger partial charge on any atom is 0.412 e. The van der Waals surface area contributed by atoms with E-state index in [-0.39, 0.29) is 12.2 Å². The normalized spacial score (nSPS) is 10.8. The monoisotopic (exact) mass is 445 g/mol. The molecule has 1 heterocycles. The van der Waals surface area contributed by atoms with Gasteiger partial charge in [0.1, 0.15) is 5.00 Å². The first-order valence-electron chi connectivity index (χ1n) is 11.3. The standard InChI is InChI=1S/C25H35NO4S/c1-3-4-5-6-7-8-9-10-11-21-18-22(24(27)28)23(31-21)26-25(29)30-17-16-20-14-12-19(2)13-15-20/h12-15,18H,3-11,16-17H2,1-2H3,(H,26,29)(H,27,28). The number of rotatable bonds is 14. The number of thiophene rings is 1. The molecule has 0 saturated carbocycles. The third-order valence-electron chi connectivity index (χ3n) is 5.25. The molecule has 5 nitrogen and oxygen atoms in total. The molecule has 31 heavy (non-hydrogen) atoms. The van der Waals surface area contributed by atoms with E-state index in [1.54, 1.807) is 6.07 Å². The van der Waals surface area contributed by atoms with Crippen LogP contribution in [0.3, 0.4) is 0 Å². The summed E-state index contributed by atoms with van der Waals surface area (Å²) < 4.78 is 5.24. The van der Waals surface area contributed by atoms with Crippen molar-refractivity contribution in [2.75, 3.05) is 11.9 Å². The average Bonchev–Trinajstić information content (AvgIpc) is 3.14.